The van der Waals surface area contributed by atoms with Crippen molar-refractivity contribution < 1.29 is 4.79 Å². The molecule has 2 rings (SSSR count). The van der Waals surface area contributed by atoms with E-state index >= 15 is 0 Å². The summed E-state index contributed by atoms with van der Waals surface area (Å²) in [7, 11) is 0. The molecule has 1 unspecified atom stereocenters. The number of amides is 1. The SMILES string of the molecule is CCCC1(C(=O)NCCc2ccsc2)CCNC1. The van der Waals surface area contributed by atoms with Crippen LogP contribution in [0.25, 0.3) is 0 Å². The van der Waals surface area contributed by atoms with E-state index in [9.17, 15) is 4.79 Å². The van der Waals surface area contributed by atoms with Gasteiger partial charge in [-0.15, -0.1) is 0 Å². The molecule has 100 valence electrons. The quantitative estimate of drug-likeness (QED) is 0.828. The van der Waals surface area contributed by atoms with Gasteiger partial charge in [0.2, 0.25) is 5.91 Å². The van der Waals surface area contributed by atoms with Gasteiger partial charge in [-0.05, 0) is 48.2 Å². The summed E-state index contributed by atoms with van der Waals surface area (Å²) >= 11 is 1.71. The Hall–Kier alpha value is -0.870. The lowest BCUT2D eigenvalue weighted by atomic mass is 9.81. The van der Waals surface area contributed by atoms with E-state index in [0.29, 0.717) is 0 Å². The summed E-state index contributed by atoms with van der Waals surface area (Å²) in [5.41, 5.74) is 1.16. The highest BCUT2D eigenvalue weighted by molar-refractivity contribution is 7.07. The van der Waals surface area contributed by atoms with Crippen molar-refractivity contribution in [1.29, 1.82) is 0 Å². The van der Waals surface area contributed by atoms with Gasteiger partial charge < -0.3 is 10.6 Å². The van der Waals surface area contributed by atoms with Crippen LogP contribution in [-0.2, 0) is 11.2 Å². The smallest absolute Gasteiger partial charge is 0.227 e. The van der Waals surface area contributed by atoms with Crippen molar-refractivity contribution >= 4 is 17.2 Å². The van der Waals surface area contributed by atoms with Gasteiger partial charge in [-0.2, -0.15) is 11.3 Å². The van der Waals surface area contributed by atoms with Crippen molar-refractivity contribution in [1.82, 2.24) is 10.6 Å². The minimum Gasteiger partial charge on any atom is -0.355 e. The maximum atomic E-state index is 12.3. The van der Waals surface area contributed by atoms with Crippen molar-refractivity contribution in [2.75, 3.05) is 19.6 Å². The second-order valence-electron chi connectivity index (χ2n) is 5.09. The van der Waals surface area contributed by atoms with Gasteiger partial charge in [-0.25, -0.2) is 0 Å². The van der Waals surface area contributed by atoms with E-state index in [4.69, 9.17) is 0 Å². The fourth-order valence-corrected chi connectivity index (χ4v) is 3.39. The van der Waals surface area contributed by atoms with Crippen molar-refractivity contribution in [3.8, 4) is 0 Å². The molecule has 0 radical (unpaired) electrons. The van der Waals surface area contributed by atoms with Gasteiger partial charge in [0.05, 0.1) is 5.41 Å². The minimum atomic E-state index is -0.149. The highest BCUT2D eigenvalue weighted by Gasteiger charge is 2.39. The summed E-state index contributed by atoms with van der Waals surface area (Å²) < 4.78 is 0. The number of rotatable bonds is 6. The molecule has 1 saturated heterocycles. The van der Waals surface area contributed by atoms with Crippen LogP contribution in [0.3, 0.4) is 0 Å². The van der Waals surface area contributed by atoms with Crippen LogP contribution in [0.2, 0.25) is 0 Å². The summed E-state index contributed by atoms with van der Waals surface area (Å²) in [6.45, 7) is 4.71. The molecule has 1 aromatic heterocycles. The molecule has 2 heterocycles. The summed E-state index contributed by atoms with van der Waals surface area (Å²) in [6.07, 6.45) is 3.97. The molecule has 1 aliphatic rings. The molecule has 4 heteroatoms. The first kappa shape index (κ1) is 13.6. The van der Waals surface area contributed by atoms with E-state index in [-0.39, 0.29) is 11.3 Å². The van der Waals surface area contributed by atoms with Crippen molar-refractivity contribution in [2.24, 2.45) is 5.41 Å². The van der Waals surface area contributed by atoms with Gasteiger partial charge in [0.25, 0.3) is 0 Å². The zero-order chi connectivity index (χ0) is 12.8. The summed E-state index contributed by atoms with van der Waals surface area (Å²) in [6, 6.07) is 2.12. The van der Waals surface area contributed by atoms with Crippen LogP contribution >= 0.6 is 11.3 Å². The van der Waals surface area contributed by atoms with Crippen molar-refractivity contribution in [2.45, 2.75) is 32.6 Å². The van der Waals surface area contributed by atoms with Crippen molar-refractivity contribution in [3.05, 3.63) is 22.4 Å². The second kappa shape index (κ2) is 6.34. The molecule has 1 aliphatic heterocycles. The van der Waals surface area contributed by atoms with Crippen molar-refractivity contribution in [3.63, 3.8) is 0 Å². The number of nitrogens with one attached hydrogen (secondary N) is 2. The van der Waals surface area contributed by atoms with Gasteiger partial charge in [0.15, 0.2) is 0 Å². The average Bonchev–Trinajstić information content (AvgIpc) is 3.01. The number of hydrogen-bond acceptors (Lipinski definition) is 3. The third kappa shape index (κ3) is 3.12. The Morgan fingerprint density at radius 3 is 3.11 bits per heavy atom. The molecule has 3 nitrogen and oxygen atoms in total. The second-order valence-corrected chi connectivity index (χ2v) is 5.87. The molecule has 1 atom stereocenters. The Morgan fingerprint density at radius 1 is 1.61 bits per heavy atom. The highest BCUT2D eigenvalue weighted by atomic mass is 32.1. The van der Waals surface area contributed by atoms with Crippen LogP contribution in [0, 0.1) is 5.41 Å². The van der Waals surface area contributed by atoms with Gasteiger partial charge >= 0.3 is 0 Å². The molecule has 2 N–H and O–H groups in total. The normalized spacial score (nSPS) is 23.2. The molecule has 1 fully saturated rings. The van der Waals surface area contributed by atoms with E-state index in [1.807, 2.05) is 0 Å². The van der Waals surface area contributed by atoms with E-state index in [2.05, 4.69) is 34.4 Å². The van der Waals surface area contributed by atoms with Crippen LogP contribution in [-0.4, -0.2) is 25.5 Å². The molecule has 18 heavy (non-hydrogen) atoms. The van der Waals surface area contributed by atoms with E-state index in [0.717, 1.165) is 45.3 Å². The predicted octanol–water partition coefficient (Wildman–Crippen LogP) is 2.19. The van der Waals surface area contributed by atoms with Gasteiger partial charge in [0, 0.05) is 13.1 Å². The van der Waals surface area contributed by atoms with Crippen LogP contribution in [0.1, 0.15) is 31.7 Å². The number of carbonyl (C=O) groups is 1. The maximum Gasteiger partial charge on any atom is 0.227 e. The Labute approximate surface area is 113 Å². The minimum absolute atomic E-state index is 0.149. The lowest BCUT2D eigenvalue weighted by molar-refractivity contribution is -0.130. The first-order chi connectivity index (χ1) is 8.77. The number of carbonyl (C=O) groups excluding carboxylic acids is 1. The summed E-state index contributed by atoms with van der Waals surface area (Å²) in [5, 5.41) is 10.7. The molecule has 0 aliphatic carbocycles. The maximum absolute atomic E-state index is 12.3. The zero-order valence-electron chi connectivity index (χ0n) is 11.0. The Morgan fingerprint density at radius 2 is 2.50 bits per heavy atom. The predicted molar refractivity (Wildman–Crippen MR) is 75.9 cm³/mol. The fraction of sp³-hybridized carbons (Fsp3) is 0.643. The number of thiophene rings is 1. The van der Waals surface area contributed by atoms with Gasteiger partial charge in [-0.1, -0.05) is 13.3 Å². The zero-order valence-corrected chi connectivity index (χ0v) is 11.8. The molecular formula is C14H22N2OS. The first-order valence-corrected chi connectivity index (χ1v) is 7.71. The topological polar surface area (TPSA) is 41.1 Å². The van der Waals surface area contributed by atoms with Gasteiger partial charge in [0.1, 0.15) is 0 Å². The Bertz CT molecular complexity index is 369. The molecule has 0 saturated carbocycles. The standard InChI is InChI=1S/C14H22N2OS/c1-2-5-14(6-8-15-11-14)13(17)16-7-3-12-4-9-18-10-12/h4,9-10,15H,2-3,5-8,11H2,1H3,(H,16,17). The molecule has 1 aromatic rings. The fourth-order valence-electron chi connectivity index (χ4n) is 2.69. The van der Waals surface area contributed by atoms with E-state index in [1.54, 1.807) is 11.3 Å². The summed E-state index contributed by atoms with van der Waals surface area (Å²) in [4.78, 5) is 12.3. The van der Waals surface area contributed by atoms with E-state index < -0.39 is 0 Å². The molecule has 0 aromatic carbocycles. The largest absolute Gasteiger partial charge is 0.355 e. The van der Waals surface area contributed by atoms with Crippen LogP contribution in [0.4, 0.5) is 0 Å². The molecule has 1 amide bonds. The Kier molecular flexibility index (Phi) is 4.78. The molecule has 0 spiro atoms. The highest BCUT2D eigenvalue weighted by Crippen LogP contribution is 2.31. The monoisotopic (exact) mass is 266 g/mol. The average molecular weight is 266 g/mol. The number of hydrogen-bond donors (Lipinski definition) is 2. The lowest BCUT2D eigenvalue weighted by Gasteiger charge is -2.26. The van der Waals surface area contributed by atoms with Crippen LogP contribution < -0.4 is 10.6 Å². The lowest BCUT2D eigenvalue weighted by Crippen LogP contribution is -2.43. The summed E-state index contributed by atoms with van der Waals surface area (Å²) in [5.74, 6) is 0.240. The van der Waals surface area contributed by atoms with Crippen LogP contribution in [0.15, 0.2) is 16.8 Å². The third-order valence-corrected chi connectivity index (χ3v) is 4.47. The molecular weight excluding hydrogens is 244 g/mol. The Balaban J connectivity index is 1.82. The van der Waals surface area contributed by atoms with E-state index in [1.165, 1.54) is 5.56 Å². The van der Waals surface area contributed by atoms with Crippen LogP contribution in [0.5, 0.6) is 0 Å². The molecule has 0 bridgehead atoms. The third-order valence-electron chi connectivity index (χ3n) is 3.73. The van der Waals surface area contributed by atoms with Gasteiger partial charge in [-0.3, -0.25) is 4.79 Å². The first-order valence-electron chi connectivity index (χ1n) is 6.77.